The smallest absolute Gasteiger partial charge is 0.321 e. The Bertz CT molecular complexity index is 840. The van der Waals surface area contributed by atoms with Gasteiger partial charge < -0.3 is 4.74 Å². The van der Waals surface area contributed by atoms with Crippen LogP contribution >= 0.6 is 27.5 Å². The van der Waals surface area contributed by atoms with Crippen molar-refractivity contribution in [2.75, 3.05) is 13.2 Å². The molecule has 0 aliphatic rings. The normalized spacial score (nSPS) is 11.5. The molecule has 2 aromatic rings. The quantitative estimate of drug-likeness (QED) is 0.606. The van der Waals surface area contributed by atoms with Crippen LogP contribution in [-0.2, 0) is 26.1 Å². The van der Waals surface area contributed by atoms with E-state index in [1.165, 1.54) is 12.1 Å². The van der Waals surface area contributed by atoms with Crippen molar-refractivity contribution in [1.82, 2.24) is 4.31 Å². The topological polar surface area (TPSA) is 63.7 Å². The molecule has 2 aromatic carbocycles. The highest BCUT2D eigenvalue weighted by molar-refractivity contribution is 9.10. The minimum atomic E-state index is -3.89. The Labute approximate surface area is 160 Å². The molecule has 0 spiro atoms. The molecule has 0 N–H and O–H groups in total. The average Bonchev–Trinajstić information content (AvgIpc) is 2.57. The molecule has 0 saturated heterocycles. The fourth-order valence-electron chi connectivity index (χ4n) is 2.15. The fourth-order valence-corrected chi connectivity index (χ4v) is 3.97. The zero-order valence-corrected chi connectivity index (χ0v) is 16.6. The van der Waals surface area contributed by atoms with Gasteiger partial charge in [0.25, 0.3) is 0 Å². The molecular formula is C17H17BrClNO4S. The lowest BCUT2D eigenvalue weighted by atomic mass is 10.2. The number of sulfonamides is 1. The van der Waals surface area contributed by atoms with E-state index in [0.29, 0.717) is 10.6 Å². The van der Waals surface area contributed by atoms with Crippen molar-refractivity contribution in [3.05, 3.63) is 63.6 Å². The van der Waals surface area contributed by atoms with Gasteiger partial charge in [-0.1, -0.05) is 45.7 Å². The molecule has 0 aliphatic heterocycles. The lowest BCUT2D eigenvalue weighted by Crippen LogP contribution is -2.36. The molecule has 0 fully saturated rings. The van der Waals surface area contributed by atoms with E-state index >= 15 is 0 Å². The highest BCUT2D eigenvalue weighted by Crippen LogP contribution is 2.23. The van der Waals surface area contributed by atoms with Gasteiger partial charge in [-0.2, -0.15) is 4.31 Å². The molecule has 134 valence electrons. The van der Waals surface area contributed by atoms with Crippen molar-refractivity contribution >= 4 is 43.5 Å². The summed E-state index contributed by atoms with van der Waals surface area (Å²) < 4.78 is 32.6. The first-order valence-electron chi connectivity index (χ1n) is 7.49. The van der Waals surface area contributed by atoms with Crippen LogP contribution in [0.15, 0.2) is 57.9 Å². The number of halogens is 2. The van der Waals surface area contributed by atoms with Crippen LogP contribution in [0.25, 0.3) is 0 Å². The molecule has 0 amide bonds. The predicted octanol–water partition coefficient (Wildman–Crippen LogP) is 3.86. The van der Waals surface area contributed by atoms with Gasteiger partial charge in [0.15, 0.2) is 0 Å². The number of hydrogen-bond acceptors (Lipinski definition) is 4. The Kier molecular flexibility index (Phi) is 7.01. The molecular weight excluding hydrogens is 430 g/mol. The SMILES string of the molecule is CCOC(=O)CN(Cc1ccccc1Cl)S(=O)(=O)c1ccc(Br)cc1. The Morgan fingerprint density at radius 1 is 1.16 bits per heavy atom. The van der Waals surface area contributed by atoms with Gasteiger partial charge in [-0.25, -0.2) is 8.42 Å². The number of nitrogens with zero attached hydrogens (tertiary/aromatic N) is 1. The molecule has 0 radical (unpaired) electrons. The van der Waals surface area contributed by atoms with Crippen LogP contribution in [0.3, 0.4) is 0 Å². The van der Waals surface area contributed by atoms with Crippen molar-refractivity contribution in [2.24, 2.45) is 0 Å². The van der Waals surface area contributed by atoms with Gasteiger partial charge in [0.05, 0.1) is 11.5 Å². The van der Waals surface area contributed by atoms with Crippen LogP contribution in [0.5, 0.6) is 0 Å². The third kappa shape index (κ3) is 5.28. The first-order chi connectivity index (χ1) is 11.8. The fraction of sp³-hybridized carbons (Fsp3) is 0.235. The number of rotatable bonds is 7. The summed E-state index contributed by atoms with van der Waals surface area (Å²) in [4.78, 5) is 12.0. The van der Waals surface area contributed by atoms with E-state index in [1.54, 1.807) is 43.3 Å². The minimum absolute atomic E-state index is 0.0309. The van der Waals surface area contributed by atoms with Gasteiger partial charge in [-0.15, -0.1) is 0 Å². The first kappa shape index (κ1) is 19.9. The molecule has 0 aromatic heterocycles. The van der Waals surface area contributed by atoms with Gasteiger partial charge in [0.2, 0.25) is 10.0 Å². The number of carbonyl (C=O) groups is 1. The van der Waals surface area contributed by atoms with E-state index in [4.69, 9.17) is 16.3 Å². The molecule has 8 heteroatoms. The summed E-state index contributed by atoms with van der Waals surface area (Å²) in [5.41, 5.74) is 0.606. The van der Waals surface area contributed by atoms with Crippen LogP contribution in [0.4, 0.5) is 0 Å². The maximum atomic E-state index is 13.0. The first-order valence-corrected chi connectivity index (χ1v) is 10.1. The summed E-state index contributed by atoms with van der Waals surface area (Å²) >= 11 is 9.41. The van der Waals surface area contributed by atoms with E-state index in [1.807, 2.05) is 0 Å². The van der Waals surface area contributed by atoms with Gasteiger partial charge >= 0.3 is 5.97 Å². The summed E-state index contributed by atoms with van der Waals surface area (Å²) in [6.45, 7) is 1.42. The number of hydrogen-bond donors (Lipinski definition) is 0. The van der Waals surface area contributed by atoms with Crippen LogP contribution in [0.2, 0.25) is 5.02 Å². The van der Waals surface area contributed by atoms with Crippen molar-refractivity contribution in [3.8, 4) is 0 Å². The van der Waals surface area contributed by atoms with E-state index in [9.17, 15) is 13.2 Å². The van der Waals surface area contributed by atoms with Crippen LogP contribution < -0.4 is 0 Å². The Hall–Kier alpha value is -1.41. The Balaban J connectivity index is 2.37. The second-order valence-electron chi connectivity index (χ2n) is 5.12. The van der Waals surface area contributed by atoms with Crippen molar-refractivity contribution in [3.63, 3.8) is 0 Å². The van der Waals surface area contributed by atoms with Gasteiger partial charge in [-0.3, -0.25) is 4.79 Å². The number of ether oxygens (including phenoxy) is 1. The van der Waals surface area contributed by atoms with Gasteiger partial charge in [0.1, 0.15) is 6.54 Å². The van der Waals surface area contributed by atoms with Gasteiger partial charge in [0, 0.05) is 16.0 Å². The molecule has 0 atom stereocenters. The van der Waals surface area contributed by atoms with E-state index in [0.717, 1.165) is 8.78 Å². The molecule has 5 nitrogen and oxygen atoms in total. The highest BCUT2D eigenvalue weighted by Gasteiger charge is 2.28. The number of benzene rings is 2. The third-order valence-electron chi connectivity index (χ3n) is 3.37. The summed E-state index contributed by atoms with van der Waals surface area (Å²) in [6, 6.07) is 13.1. The minimum Gasteiger partial charge on any atom is -0.465 e. The molecule has 0 saturated carbocycles. The maximum absolute atomic E-state index is 13.0. The van der Waals surface area contributed by atoms with Crippen molar-refractivity contribution in [2.45, 2.75) is 18.4 Å². The number of esters is 1. The van der Waals surface area contributed by atoms with Crippen LogP contribution in [0, 0.1) is 0 Å². The molecule has 25 heavy (non-hydrogen) atoms. The molecule has 0 bridgehead atoms. The zero-order valence-electron chi connectivity index (χ0n) is 13.5. The van der Waals surface area contributed by atoms with E-state index in [-0.39, 0.29) is 18.0 Å². The lowest BCUT2D eigenvalue weighted by Gasteiger charge is -2.22. The van der Waals surface area contributed by atoms with Crippen LogP contribution in [0.1, 0.15) is 12.5 Å². The summed E-state index contributed by atoms with van der Waals surface area (Å²) in [7, 11) is -3.89. The molecule has 0 heterocycles. The number of carbonyl (C=O) groups excluding carboxylic acids is 1. The Morgan fingerprint density at radius 3 is 2.40 bits per heavy atom. The molecule has 2 rings (SSSR count). The highest BCUT2D eigenvalue weighted by atomic mass is 79.9. The lowest BCUT2D eigenvalue weighted by molar-refractivity contribution is -0.143. The molecule has 0 aliphatic carbocycles. The second kappa shape index (κ2) is 8.80. The molecule has 0 unspecified atom stereocenters. The van der Waals surface area contributed by atoms with Gasteiger partial charge in [-0.05, 0) is 42.8 Å². The largest absolute Gasteiger partial charge is 0.465 e. The van der Waals surface area contributed by atoms with E-state index < -0.39 is 22.5 Å². The monoisotopic (exact) mass is 445 g/mol. The zero-order chi connectivity index (χ0) is 18.4. The average molecular weight is 447 g/mol. The summed E-state index contributed by atoms with van der Waals surface area (Å²) in [6.07, 6.45) is 0. The van der Waals surface area contributed by atoms with Crippen molar-refractivity contribution < 1.29 is 17.9 Å². The van der Waals surface area contributed by atoms with Crippen LogP contribution in [-0.4, -0.2) is 31.8 Å². The summed E-state index contributed by atoms with van der Waals surface area (Å²) in [5.74, 6) is -0.616. The summed E-state index contributed by atoms with van der Waals surface area (Å²) in [5, 5.41) is 0.433. The van der Waals surface area contributed by atoms with Crippen molar-refractivity contribution in [1.29, 1.82) is 0 Å². The third-order valence-corrected chi connectivity index (χ3v) is 6.07. The maximum Gasteiger partial charge on any atom is 0.321 e. The predicted molar refractivity (Wildman–Crippen MR) is 99.8 cm³/mol. The Morgan fingerprint density at radius 2 is 1.80 bits per heavy atom. The standard InChI is InChI=1S/C17H17BrClNO4S/c1-2-24-17(21)12-20(11-13-5-3-4-6-16(13)19)25(22,23)15-9-7-14(18)8-10-15/h3-10H,2,11-12H2,1H3. The second-order valence-corrected chi connectivity index (χ2v) is 8.38. The van der Waals surface area contributed by atoms with E-state index in [2.05, 4.69) is 15.9 Å².